The van der Waals surface area contributed by atoms with Gasteiger partial charge >= 0.3 is 5.97 Å². The summed E-state index contributed by atoms with van der Waals surface area (Å²) in [4.78, 5) is 30.7. The van der Waals surface area contributed by atoms with Crippen LogP contribution in [0.25, 0.3) is 6.08 Å². The van der Waals surface area contributed by atoms with Crippen LogP contribution in [0, 0.1) is 24.2 Å². The Morgan fingerprint density at radius 3 is 2.64 bits per heavy atom. The lowest BCUT2D eigenvalue weighted by molar-refractivity contribution is -0.154. The highest BCUT2D eigenvalue weighted by Gasteiger charge is 2.42. The number of aliphatic hydroxyl groups excluding tert-OH is 2. The molecule has 2 aromatic rings. The highest BCUT2D eigenvalue weighted by atomic mass is 32.1. The second-order valence-corrected chi connectivity index (χ2v) is 11.8. The van der Waals surface area contributed by atoms with Crippen LogP contribution in [0.2, 0.25) is 0 Å². The second-order valence-electron chi connectivity index (χ2n) is 10.7. The first-order valence-corrected chi connectivity index (χ1v) is 13.5. The Balaban J connectivity index is 1.93. The zero-order valence-electron chi connectivity index (χ0n) is 22.1. The first kappa shape index (κ1) is 28.2. The number of fused-ring (bicyclic) bond motifs is 1. The van der Waals surface area contributed by atoms with Gasteiger partial charge < -0.3 is 14.9 Å². The Kier molecular flexibility index (Phi) is 9.24. The fourth-order valence-corrected chi connectivity index (χ4v) is 5.36. The molecular weight excluding hydrogens is 478 g/mol. The van der Waals surface area contributed by atoms with E-state index in [9.17, 15) is 19.8 Å². The lowest BCUT2D eigenvalue weighted by atomic mass is 9.73. The quantitative estimate of drug-likeness (QED) is 0.513. The molecule has 3 N–H and O–H groups in total. The number of cyclic esters (lactones) is 1. The average molecular weight is 518 g/mol. The van der Waals surface area contributed by atoms with E-state index < -0.39 is 35.6 Å². The van der Waals surface area contributed by atoms with E-state index in [1.165, 1.54) is 0 Å². The van der Waals surface area contributed by atoms with E-state index in [0.717, 1.165) is 46.8 Å². The van der Waals surface area contributed by atoms with Gasteiger partial charge in [-0.05, 0) is 56.2 Å². The van der Waals surface area contributed by atoms with Gasteiger partial charge in [-0.15, -0.1) is 11.3 Å². The summed E-state index contributed by atoms with van der Waals surface area (Å²) in [5.41, 5.74) is 2.33. The van der Waals surface area contributed by atoms with E-state index in [4.69, 9.17) is 4.74 Å². The van der Waals surface area contributed by atoms with Crippen molar-refractivity contribution in [2.24, 2.45) is 17.3 Å². The SMILES string of the molecule is CC(=Cc1csc(C)n1)[C@@H]1Cc2[nH]ncc2CCC[C@H](C)[C@H](O)[C@@H](C)C(=O)C(C)(C)[C@@H](O)CC(=O)O1. The molecule has 0 fully saturated rings. The molecule has 0 spiro atoms. The van der Waals surface area contributed by atoms with Gasteiger partial charge in [0.2, 0.25) is 0 Å². The molecule has 3 heterocycles. The Hall–Kier alpha value is -2.36. The number of aromatic nitrogens is 3. The number of aromatic amines is 1. The number of aliphatic hydroxyl groups is 2. The number of aryl methyl sites for hydroxylation is 2. The van der Waals surface area contributed by atoms with Crippen molar-refractivity contribution in [1.29, 1.82) is 0 Å². The van der Waals surface area contributed by atoms with Crippen molar-refractivity contribution in [1.82, 2.24) is 15.2 Å². The molecule has 2 aromatic heterocycles. The summed E-state index contributed by atoms with van der Waals surface area (Å²) in [6.07, 6.45) is 3.42. The number of hydrogen-bond donors (Lipinski definition) is 3. The van der Waals surface area contributed by atoms with Crippen molar-refractivity contribution >= 4 is 29.2 Å². The predicted octanol–water partition coefficient (Wildman–Crippen LogP) is 4.05. The summed E-state index contributed by atoms with van der Waals surface area (Å²) >= 11 is 1.55. The first-order valence-electron chi connectivity index (χ1n) is 12.6. The van der Waals surface area contributed by atoms with Crippen LogP contribution in [-0.4, -0.2) is 55.5 Å². The molecule has 0 saturated heterocycles. The Labute approximate surface area is 217 Å². The molecule has 8 nitrogen and oxygen atoms in total. The van der Waals surface area contributed by atoms with Crippen molar-refractivity contribution in [2.45, 2.75) is 92.0 Å². The number of ether oxygens (including phenoxy) is 1. The third-order valence-corrected chi connectivity index (χ3v) is 8.23. The number of rotatable bonds is 2. The zero-order valence-corrected chi connectivity index (χ0v) is 22.9. The maximum Gasteiger partial charge on any atom is 0.309 e. The molecule has 0 aliphatic carbocycles. The third kappa shape index (κ3) is 6.69. The number of Topliss-reactive ketones (excluding diaryl/α,β-unsaturated/α-hetero) is 1. The molecule has 0 unspecified atom stereocenters. The van der Waals surface area contributed by atoms with Crippen LogP contribution in [0.3, 0.4) is 0 Å². The fourth-order valence-electron chi connectivity index (χ4n) is 4.79. The number of carbonyl (C=O) groups excluding carboxylic acids is 2. The minimum atomic E-state index is -1.25. The minimum Gasteiger partial charge on any atom is -0.457 e. The van der Waals surface area contributed by atoms with Crippen molar-refractivity contribution < 1.29 is 24.5 Å². The Morgan fingerprint density at radius 1 is 1.25 bits per heavy atom. The average Bonchev–Trinajstić information content (AvgIpc) is 3.44. The van der Waals surface area contributed by atoms with Gasteiger partial charge in [0.15, 0.2) is 0 Å². The van der Waals surface area contributed by atoms with E-state index in [1.54, 1.807) is 38.3 Å². The number of ketones is 1. The summed E-state index contributed by atoms with van der Waals surface area (Å²) < 4.78 is 5.88. The number of esters is 1. The molecule has 1 aliphatic rings. The van der Waals surface area contributed by atoms with Gasteiger partial charge in [0.1, 0.15) is 11.9 Å². The number of carbonyl (C=O) groups is 2. The van der Waals surface area contributed by atoms with Crippen molar-refractivity contribution in [3.63, 3.8) is 0 Å². The van der Waals surface area contributed by atoms with Crippen molar-refractivity contribution in [2.75, 3.05) is 0 Å². The largest absolute Gasteiger partial charge is 0.457 e. The molecule has 0 radical (unpaired) electrons. The molecule has 0 amide bonds. The highest BCUT2D eigenvalue weighted by molar-refractivity contribution is 7.09. The maximum absolute atomic E-state index is 13.2. The second kappa shape index (κ2) is 11.8. The molecule has 1 aliphatic heterocycles. The van der Waals surface area contributed by atoms with Crippen LogP contribution in [0.15, 0.2) is 17.2 Å². The number of thiazole rings is 1. The first-order chi connectivity index (χ1) is 16.9. The van der Waals surface area contributed by atoms with E-state index >= 15 is 0 Å². The van der Waals surface area contributed by atoms with E-state index in [-0.39, 0.29) is 18.1 Å². The maximum atomic E-state index is 13.2. The molecule has 36 heavy (non-hydrogen) atoms. The molecule has 0 aromatic carbocycles. The molecule has 5 atom stereocenters. The predicted molar refractivity (Wildman–Crippen MR) is 139 cm³/mol. The van der Waals surface area contributed by atoms with Gasteiger partial charge in [-0.1, -0.05) is 27.7 Å². The van der Waals surface area contributed by atoms with Gasteiger partial charge in [-0.25, -0.2) is 4.98 Å². The summed E-state index contributed by atoms with van der Waals surface area (Å²) in [5.74, 6) is -1.62. The van der Waals surface area contributed by atoms with Crippen molar-refractivity contribution in [3.05, 3.63) is 39.1 Å². The third-order valence-electron chi connectivity index (χ3n) is 7.43. The number of nitrogens with one attached hydrogen (secondary N) is 1. The molecular formula is C27H39N3O5S. The molecule has 0 saturated carbocycles. The van der Waals surface area contributed by atoms with Crippen LogP contribution in [0.4, 0.5) is 0 Å². The Morgan fingerprint density at radius 2 is 1.97 bits per heavy atom. The van der Waals surface area contributed by atoms with Crippen LogP contribution < -0.4 is 0 Å². The van der Waals surface area contributed by atoms with Gasteiger partial charge in [-0.3, -0.25) is 14.7 Å². The van der Waals surface area contributed by atoms with E-state index in [0.29, 0.717) is 6.42 Å². The summed E-state index contributed by atoms with van der Waals surface area (Å²) in [7, 11) is 0. The lowest BCUT2D eigenvalue weighted by Crippen LogP contribution is -2.45. The Bertz CT molecular complexity index is 1090. The number of nitrogens with zero attached hydrogens (tertiary/aromatic N) is 2. The lowest BCUT2D eigenvalue weighted by Gasteiger charge is -2.34. The van der Waals surface area contributed by atoms with Crippen LogP contribution in [0.5, 0.6) is 0 Å². The molecule has 3 rings (SSSR count). The van der Waals surface area contributed by atoms with E-state index in [1.807, 2.05) is 32.2 Å². The van der Waals surface area contributed by atoms with Crippen LogP contribution in [-0.2, 0) is 27.2 Å². The standard InChI is InChI=1S/C27H39N3O5S/c1-15-8-7-9-19-13-28-30-21(19)11-22(16(2)10-20-14-36-18(4)29-20)35-24(32)12-23(31)27(5,6)26(34)17(3)25(15)33/h10,13-15,17,22-23,25,31,33H,7-9,11-12H2,1-6H3,(H,28,30)/t15-,17+,22-,23-,25-/m0/s1. The van der Waals surface area contributed by atoms with Crippen molar-refractivity contribution in [3.8, 4) is 0 Å². The molecule has 9 heteroatoms. The number of H-pyrrole nitrogens is 1. The topological polar surface area (TPSA) is 125 Å². The number of hydrogen-bond acceptors (Lipinski definition) is 8. The van der Waals surface area contributed by atoms with Crippen LogP contribution in [0.1, 0.15) is 75.8 Å². The minimum absolute atomic E-state index is 0.0930. The summed E-state index contributed by atoms with van der Waals surface area (Å²) in [6.45, 7) is 10.7. The van der Waals surface area contributed by atoms with Gasteiger partial charge in [0, 0.05) is 23.4 Å². The van der Waals surface area contributed by atoms with Crippen LogP contribution >= 0.6 is 11.3 Å². The summed E-state index contributed by atoms with van der Waals surface area (Å²) in [6, 6.07) is 0. The zero-order chi connectivity index (χ0) is 26.6. The smallest absolute Gasteiger partial charge is 0.309 e. The molecule has 0 bridgehead atoms. The highest BCUT2D eigenvalue weighted by Crippen LogP contribution is 2.32. The monoisotopic (exact) mass is 517 g/mol. The van der Waals surface area contributed by atoms with E-state index in [2.05, 4.69) is 15.2 Å². The summed E-state index contributed by atoms with van der Waals surface area (Å²) in [5, 5.41) is 31.9. The van der Waals surface area contributed by atoms with Gasteiger partial charge in [0.25, 0.3) is 0 Å². The normalized spacial score (nSPS) is 29.0. The fraction of sp³-hybridized carbons (Fsp3) is 0.630. The van der Waals surface area contributed by atoms with Gasteiger partial charge in [0.05, 0.1) is 40.9 Å². The molecule has 198 valence electrons. The van der Waals surface area contributed by atoms with Gasteiger partial charge in [-0.2, -0.15) is 5.10 Å².